The fraction of sp³-hybridized carbons (Fsp3) is 0.222. The van der Waals surface area contributed by atoms with Crippen LogP contribution in [0.3, 0.4) is 0 Å². The van der Waals surface area contributed by atoms with E-state index in [1.807, 2.05) is 13.8 Å². The Labute approximate surface area is 85.8 Å². The number of H-pyrrole nitrogens is 1. The molecule has 2 aromatic rings. The molecule has 1 aromatic heterocycles. The first-order valence-electron chi connectivity index (χ1n) is 3.90. The molecule has 1 aromatic carbocycles. The fourth-order valence-corrected chi connectivity index (χ4v) is 1.91. The highest BCUT2D eigenvalue weighted by Gasteiger charge is 2.12. The van der Waals surface area contributed by atoms with Gasteiger partial charge in [0, 0.05) is 5.39 Å². The second-order valence-electron chi connectivity index (χ2n) is 3.04. The highest BCUT2D eigenvalue weighted by atomic mass is 35.5. The highest BCUT2D eigenvalue weighted by Crippen LogP contribution is 2.34. The Bertz CT molecular complexity index is 432. The Morgan fingerprint density at radius 3 is 2.46 bits per heavy atom. The molecule has 2 nitrogen and oxygen atoms in total. The van der Waals surface area contributed by atoms with Crippen molar-refractivity contribution >= 4 is 34.1 Å². The molecular formula is C9H8Cl2N2. The number of fused-ring (bicyclic) bond motifs is 1. The van der Waals surface area contributed by atoms with Gasteiger partial charge in [0.1, 0.15) is 0 Å². The van der Waals surface area contributed by atoms with Gasteiger partial charge in [-0.15, -0.1) is 0 Å². The van der Waals surface area contributed by atoms with Crippen LogP contribution in [0, 0.1) is 13.8 Å². The van der Waals surface area contributed by atoms with Crippen LogP contribution < -0.4 is 0 Å². The molecule has 0 unspecified atom stereocenters. The van der Waals surface area contributed by atoms with E-state index in [-0.39, 0.29) is 0 Å². The van der Waals surface area contributed by atoms with Crippen molar-refractivity contribution in [1.82, 2.24) is 10.2 Å². The smallest absolute Gasteiger partial charge is 0.0854 e. The molecule has 0 atom stereocenters. The van der Waals surface area contributed by atoms with Crippen LogP contribution in [0.25, 0.3) is 10.9 Å². The average molecular weight is 215 g/mol. The molecular weight excluding hydrogens is 207 g/mol. The van der Waals surface area contributed by atoms with Gasteiger partial charge < -0.3 is 0 Å². The normalized spacial score (nSPS) is 11.1. The molecule has 68 valence electrons. The second kappa shape index (κ2) is 2.89. The summed E-state index contributed by atoms with van der Waals surface area (Å²) in [5, 5.41) is 9.06. The zero-order valence-electron chi connectivity index (χ0n) is 7.28. The molecule has 0 amide bonds. The van der Waals surface area contributed by atoms with E-state index in [4.69, 9.17) is 23.2 Å². The molecule has 1 heterocycles. The van der Waals surface area contributed by atoms with Crippen molar-refractivity contribution in [3.8, 4) is 0 Å². The van der Waals surface area contributed by atoms with Gasteiger partial charge >= 0.3 is 0 Å². The van der Waals surface area contributed by atoms with Crippen molar-refractivity contribution in [1.29, 1.82) is 0 Å². The molecule has 0 spiro atoms. The number of halogens is 2. The number of benzene rings is 1. The molecule has 0 aliphatic heterocycles. The van der Waals surface area contributed by atoms with Crippen LogP contribution in [0.1, 0.15) is 11.1 Å². The topological polar surface area (TPSA) is 28.7 Å². The molecule has 0 saturated heterocycles. The summed E-state index contributed by atoms with van der Waals surface area (Å²) in [6.07, 6.45) is 1.69. The van der Waals surface area contributed by atoms with Crippen molar-refractivity contribution in [2.45, 2.75) is 13.8 Å². The van der Waals surface area contributed by atoms with Crippen LogP contribution in [0.5, 0.6) is 0 Å². The average Bonchev–Trinajstić information content (AvgIpc) is 2.59. The Morgan fingerprint density at radius 2 is 1.77 bits per heavy atom. The van der Waals surface area contributed by atoms with E-state index in [0.717, 1.165) is 27.1 Å². The van der Waals surface area contributed by atoms with Crippen molar-refractivity contribution in [3.63, 3.8) is 0 Å². The lowest BCUT2D eigenvalue weighted by Crippen LogP contribution is -1.86. The summed E-state index contributed by atoms with van der Waals surface area (Å²) >= 11 is 12.2. The number of nitrogens with zero attached hydrogens (tertiary/aromatic N) is 1. The second-order valence-corrected chi connectivity index (χ2v) is 3.79. The highest BCUT2D eigenvalue weighted by molar-refractivity contribution is 6.41. The van der Waals surface area contributed by atoms with Gasteiger partial charge in [0.2, 0.25) is 0 Å². The molecule has 1 N–H and O–H groups in total. The minimum Gasteiger partial charge on any atom is -0.276 e. The molecule has 0 bridgehead atoms. The maximum atomic E-state index is 6.13. The molecule has 4 heteroatoms. The van der Waals surface area contributed by atoms with Crippen LogP contribution in [0.4, 0.5) is 0 Å². The number of aromatic nitrogens is 2. The van der Waals surface area contributed by atoms with Crippen molar-refractivity contribution in [3.05, 3.63) is 27.4 Å². The summed E-state index contributed by atoms with van der Waals surface area (Å²) in [5.41, 5.74) is 2.83. The Kier molecular flexibility index (Phi) is 1.97. The van der Waals surface area contributed by atoms with Crippen LogP contribution in [0.2, 0.25) is 10.0 Å². The number of hydrogen-bond donors (Lipinski definition) is 1. The van der Waals surface area contributed by atoms with E-state index in [0.29, 0.717) is 5.02 Å². The van der Waals surface area contributed by atoms with E-state index < -0.39 is 0 Å². The maximum Gasteiger partial charge on any atom is 0.0854 e. The first-order valence-corrected chi connectivity index (χ1v) is 4.65. The zero-order valence-corrected chi connectivity index (χ0v) is 8.79. The summed E-state index contributed by atoms with van der Waals surface area (Å²) in [6, 6.07) is 0. The van der Waals surface area contributed by atoms with Gasteiger partial charge in [-0.3, -0.25) is 5.10 Å². The van der Waals surface area contributed by atoms with Crippen molar-refractivity contribution in [2.75, 3.05) is 0 Å². The van der Waals surface area contributed by atoms with Crippen LogP contribution in [-0.4, -0.2) is 10.2 Å². The lowest BCUT2D eigenvalue weighted by Gasteiger charge is -2.06. The third-order valence-electron chi connectivity index (χ3n) is 2.32. The first-order chi connectivity index (χ1) is 6.13. The van der Waals surface area contributed by atoms with Crippen molar-refractivity contribution < 1.29 is 0 Å². The minimum atomic E-state index is 0.703. The largest absolute Gasteiger partial charge is 0.276 e. The van der Waals surface area contributed by atoms with Gasteiger partial charge in [-0.2, -0.15) is 5.10 Å². The SMILES string of the molecule is Cc1c(C)c(Cl)c2[nH]ncc2c1Cl. The molecule has 2 rings (SSSR count). The molecule has 0 radical (unpaired) electrons. The fourth-order valence-electron chi connectivity index (χ4n) is 1.34. The summed E-state index contributed by atoms with van der Waals surface area (Å²) < 4.78 is 0. The van der Waals surface area contributed by atoms with Gasteiger partial charge in [-0.05, 0) is 25.0 Å². The van der Waals surface area contributed by atoms with Crippen LogP contribution >= 0.6 is 23.2 Å². The third kappa shape index (κ3) is 1.13. The van der Waals surface area contributed by atoms with Gasteiger partial charge in [0.15, 0.2) is 0 Å². The summed E-state index contributed by atoms with van der Waals surface area (Å²) in [7, 11) is 0. The molecule has 0 aliphatic rings. The number of aromatic amines is 1. The van der Waals surface area contributed by atoms with Crippen molar-refractivity contribution in [2.24, 2.45) is 0 Å². The van der Waals surface area contributed by atoms with E-state index in [1.54, 1.807) is 6.20 Å². The number of nitrogens with one attached hydrogen (secondary N) is 1. The lowest BCUT2D eigenvalue weighted by molar-refractivity contribution is 1.12. The van der Waals surface area contributed by atoms with E-state index in [1.165, 1.54) is 0 Å². The Hall–Kier alpha value is -0.730. The van der Waals surface area contributed by atoms with Crippen LogP contribution in [-0.2, 0) is 0 Å². The molecule has 0 fully saturated rings. The summed E-state index contributed by atoms with van der Waals surface area (Å²) in [6.45, 7) is 3.90. The lowest BCUT2D eigenvalue weighted by atomic mass is 10.1. The maximum absolute atomic E-state index is 6.13. The quantitative estimate of drug-likeness (QED) is 0.715. The summed E-state index contributed by atoms with van der Waals surface area (Å²) in [5.74, 6) is 0. The number of rotatable bonds is 0. The third-order valence-corrected chi connectivity index (χ3v) is 3.28. The van der Waals surface area contributed by atoms with E-state index in [9.17, 15) is 0 Å². The van der Waals surface area contributed by atoms with E-state index >= 15 is 0 Å². The van der Waals surface area contributed by atoms with Crippen LogP contribution in [0.15, 0.2) is 6.20 Å². The standard InChI is InChI=1S/C9H8Cl2N2/c1-4-5(2)8(11)9-6(7(4)10)3-12-13-9/h3H,1-2H3,(H,12,13). The Balaban J connectivity index is 3.02. The first kappa shape index (κ1) is 8.85. The van der Waals surface area contributed by atoms with Gasteiger partial charge in [-0.25, -0.2) is 0 Å². The zero-order chi connectivity index (χ0) is 9.59. The summed E-state index contributed by atoms with van der Waals surface area (Å²) in [4.78, 5) is 0. The van der Waals surface area contributed by atoms with Gasteiger partial charge in [0.05, 0.1) is 21.8 Å². The van der Waals surface area contributed by atoms with E-state index in [2.05, 4.69) is 10.2 Å². The molecule has 0 saturated carbocycles. The molecule has 13 heavy (non-hydrogen) atoms. The predicted molar refractivity (Wildman–Crippen MR) is 55.6 cm³/mol. The minimum absolute atomic E-state index is 0.703. The van der Waals surface area contributed by atoms with Gasteiger partial charge in [-0.1, -0.05) is 23.2 Å². The monoisotopic (exact) mass is 214 g/mol. The van der Waals surface area contributed by atoms with Gasteiger partial charge in [0.25, 0.3) is 0 Å². The predicted octanol–water partition coefficient (Wildman–Crippen LogP) is 3.49. The number of hydrogen-bond acceptors (Lipinski definition) is 1. The Morgan fingerprint density at radius 1 is 1.15 bits per heavy atom. The molecule has 0 aliphatic carbocycles.